The smallest absolute Gasteiger partial charge is 0.394 e. The number of para-hydroxylation sites is 1. The van der Waals surface area contributed by atoms with Crippen molar-refractivity contribution in [3.8, 4) is 5.75 Å². The Balaban J connectivity index is 0.000000240. The number of anilines is 1. The molecule has 2 rings (SSSR count). The number of phenols is 1. The highest BCUT2D eigenvalue weighted by Crippen LogP contribution is 2.17. The molecule has 126 valence electrons. The third kappa shape index (κ3) is 6.16. The minimum absolute atomic E-state index is 0.0622. The molecule has 2 aromatic rings. The molecule has 1 unspecified atom stereocenters. The Morgan fingerprint density at radius 2 is 1.54 bits per heavy atom. The number of aromatic hydroxyl groups is 1. The minimum atomic E-state index is -1.57. The lowest BCUT2D eigenvalue weighted by atomic mass is 10.1. The van der Waals surface area contributed by atoms with E-state index in [-0.39, 0.29) is 11.3 Å². The molecule has 0 radical (unpaired) electrons. The van der Waals surface area contributed by atoms with Crippen LogP contribution >= 0.6 is 0 Å². The first-order chi connectivity index (χ1) is 11.3. The number of carboxylic acids is 2. The molecule has 8 nitrogen and oxygen atoms in total. The maximum absolute atomic E-state index is 10.6. The lowest BCUT2D eigenvalue weighted by Gasteiger charge is -2.04. The SMILES string of the molecule is O=C(O)C(=O)Nc1ccccc1.O=C(O)C(O)c1cccc(O)c1. The van der Waals surface area contributed by atoms with E-state index in [1.165, 1.54) is 24.3 Å². The number of benzene rings is 2. The number of phenolic OH excluding ortho intramolecular Hbond substituents is 1. The fourth-order valence-corrected chi connectivity index (χ4v) is 1.54. The normalized spacial score (nSPS) is 10.7. The highest BCUT2D eigenvalue weighted by molar-refractivity contribution is 6.36. The molecule has 5 N–H and O–H groups in total. The van der Waals surface area contributed by atoms with Crippen molar-refractivity contribution >= 4 is 23.5 Å². The number of amides is 1. The Hall–Kier alpha value is -3.39. The van der Waals surface area contributed by atoms with Crippen LogP contribution in [0.5, 0.6) is 5.75 Å². The fourth-order valence-electron chi connectivity index (χ4n) is 1.54. The van der Waals surface area contributed by atoms with Gasteiger partial charge in [-0.3, -0.25) is 4.79 Å². The van der Waals surface area contributed by atoms with E-state index in [1.807, 2.05) is 0 Å². The van der Waals surface area contributed by atoms with Gasteiger partial charge in [0.2, 0.25) is 0 Å². The highest BCUT2D eigenvalue weighted by Gasteiger charge is 2.15. The van der Waals surface area contributed by atoms with Crippen molar-refractivity contribution in [1.82, 2.24) is 0 Å². The molecular weight excluding hydrogens is 318 g/mol. The van der Waals surface area contributed by atoms with E-state index in [2.05, 4.69) is 5.32 Å². The number of hydrogen-bond donors (Lipinski definition) is 5. The van der Waals surface area contributed by atoms with Gasteiger partial charge in [0.25, 0.3) is 0 Å². The number of carbonyl (C=O) groups excluding carboxylic acids is 1. The van der Waals surface area contributed by atoms with Crippen LogP contribution in [-0.2, 0) is 14.4 Å². The molecule has 1 atom stereocenters. The van der Waals surface area contributed by atoms with Gasteiger partial charge in [-0.2, -0.15) is 0 Å². The monoisotopic (exact) mass is 333 g/mol. The van der Waals surface area contributed by atoms with Crippen molar-refractivity contribution in [2.45, 2.75) is 6.10 Å². The Kier molecular flexibility index (Phi) is 6.93. The van der Waals surface area contributed by atoms with E-state index in [1.54, 1.807) is 30.3 Å². The predicted octanol–water partition coefficient (Wildman–Crippen LogP) is 1.22. The minimum Gasteiger partial charge on any atom is -0.508 e. The van der Waals surface area contributed by atoms with Gasteiger partial charge in [0.15, 0.2) is 6.10 Å². The van der Waals surface area contributed by atoms with Crippen LogP contribution in [0, 0.1) is 0 Å². The summed E-state index contributed by atoms with van der Waals surface area (Å²) in [5, 5.41) is 36.8. The maximum atomic E-state index is 10.6. The van der Waals surface area contributed by atoms with Gasteiger partial charge in [0.1, 0.15) is 5.75 Å². The van der Waals surface area contributed by atoms with E-state index in [0.29, 0.717) is 5.69 Å². The number of rotatable bonds is 3. The highest BCUT2D eigenvalue weighted by atomic mass is 16.4. The first kappa shape index (κ1) is 18.7. The van der Waals surface area contributed by atoms with Gasteiger partial charge >= 0.3 is 17.8 Å². The van der Waals surface area contributed by atoms with Gasteiger partial charge in [-0.15, -0.1) is 0 Å². The third-order valence-corrected chi connectivity index (χ3v) is 2.65. The van der Waals surface area contributed by atoms with Crippen molar-refractivity contribution in [2.24, 2.45) is 0 Å². The molecule has 0 aliphatic heterocycles. The zero-order valence-electron chi connectivity index (χ0n) is 12.3. The Bertz CT molecular complexity index is 715. The van der Waals surface area contributed by atoms with Crippen LogP contribution in [0.1, 0.15) is 11.7 Å². The summed E-state index contributed by atoms with van der Waals surface area (Å²) in [5.74, 6) is -3.91. The summed E-state index contributed by atoms with van der Waals surface area (Å²) < 4.78 is 0. The molecule has 24 heavy (non-hydrogen) atoms. The van der Waals surface area contributed by atoms with Crippen LogP contribution in [0.15, 0.2) is 54.6 Å². The second-order valence-corrected chi connectivity index (χ2v) is 4.46. The van der Waals surface area contributed by atoms with Crippen LogP contribution in [0.25, 0.3) is 0 Å². The standard InChI is InChI=1S/C8H7NO3.C8H8O4/c10-7(8(11)12)9-6-4-2-1-3-5-6;9-6-3-1-2-5(4-6)7(10)8(11)12/h1-5H,(H,9,10)(H,11,12);1-4,7,9-10H,(H,11,12). The second-order valence-electron chi connectivity index (χ2n) is 4.46. The van der Waals surface area contributed by atoms with Crippen molar-refractivity contribution < 1.29 is 34.8 Å². The van der Waals surface area contributed by atoms with Crippen LogP contribution in [0.4, 0.5) is 5.69 Å². The molecule has 0 aliphatic carbocycles. The molecule has 0 bridgehead atoms. The molecule has 8 heteroatoms. The largest absolute Gasteiger partial charge is 0.508 e. The molecule has 0 saturated carbocycles. The molecule has 0 saturated heterocycles. The number of carbonyl (C=O) groups is 3. The zero-order valence-corrected chi connectivity index (χ0v) is 12.3. The Morgan fingerprint density at radius 3 is 2.04 bits per heavy atom. The van der Waals surface area contributed by atoms with Crippen LogP contribution in [-0.4, -0.2) is 38.3 Å². The average Bonchev–Trinajstić information content (AvgIpc) is 2.55. The molecule has 0 aliphatic rings. The van der Waals surface area contributed by atoms with E-state index in [4.69, 9.17) is 20.4 Å². The van der Waals surface area contributed by atoms with Crippen molar-refractivity contribution in [1.29, 1.82) is 0 Å². The van der Waals surface area contributed by atoms with Crippen molar-refractivity contribution in [3.63, 3.8) is 0 Å². The lowest BCUT2D eigenvalue weighted by molar-refractivity contribution is -0.147. The Labute approximate surface area is 136 Å². The van der Waals surface area contributed by atoms with Gasteiger partial charge in [0, 0.05) is 5.69 Å². The Morgan fingerprint density at radius 1 is 0.917 bits per heavy atom. The summed E-state index contributed by atoms with van der Waals surface area (Å²) in [6.07, 6.45) is -1.57. The number of hydrogen-bond acceptors (Lipinski definition) is 5. The molecule has 0 fully saturated rings. The molecule has 0 spiro atoms. The molecule has 0 aromatic heterocycles. The summed E-state index contributed by atoms with van der Waals surface area (Å²) in [4.78, 5) is 31.0. The summed E-state index contributed by atoms with van der Waals surface area (Å²) >= 11 is 0. The zero-order chi connectivity index (χ0) is 18.1. The maximum Gasteiger partial charge on any atom is 0.394 e. The van der Waals surface area contributed by atoms with E-state index >= 15 is 0 Å². The topological polar surface area (TPSA) is 144 Å². The number of aliphatic carboxylic acids is 2. The fraction of sp³-hybridized carbons (Fsp3) is 0.0625. The number of aliphatic hydroxyl groups excluding tert-OH is 1. The predicted molar refractivity (Wildman–Crippen MR) is 83.4 cm³/mol. The molecular formula is C16H15NO7. The van der Waals surface area contributed by atoms with Crippen LogP contribution in [0.2, 0.25) is 0 Å². The van der Waals surface area contributed by atoms with Gasteiger partial charge < -0.3 is 25.7 Å². The van der Waals surface area contributed by atoms with Crippen molar-refractivity contribution in [2.75, 3.05) is 5.32 Å². The molecule has 1 amide bonds. The van der Waals surface area contributed by atoms with Crippen LogP contribution < -0.4 is 5.32 Å². The lowest BCUT2D eigenvalue weighted by Crippen LogP contribution is -2.21. The van der Waals surface area contributed by atoms with Crippen molar-refractivity contribution in [3.05, 3.63) is 60.2 Å². The van der Waals surface area contributed by atoms with Gasteiger partial charge in [-0.25, -0.2) is 9.59 Å². The molecule has 0 heterocycles. The third-order valence-electron chi connectivity index (χ3n) is 2.65. The van der Waals surface area contributed by atoms with Crippen LogP contribution in [0.3, 0.4) is 0 Å². The number of nitrogens with one attached hydrogen (secondary N) is 1. The second kappa shape index (κ2) is 8.91. The summed E-state index contributed by atoms with van der Waals surface area (Å²) in [7, 11) is 0. The molecule has 2 aromatic carbocycles. The average molecular weight is 333 g/mol. The van der Waals surface area contributed by atoms with E-state index in [0.717, 1.165) is 0 Å². The quantitative estimate of drug-likeness (QED) is 0.531. The first-order valence-corrected chi connectivity index (χ1v) is 6.60. The van der Waals surface area contributed by atoms with Gasteiger partial charge in [0.05, 0.1) is 0 Å². The summed E-state index contributed by atoms with van der Waals surface area (Å²) in [6.45, 7) is 0. The summed E-state index contributed by atoms with van der Waals surface area (Å²) in [6, 6.07) is 13.9. The number of aliphatic hydroxyl groups is 1. The van der Waals surface area contributed by atoms with E-state index in [9.17, 15) is 14.4 Å². The van der Waals surface area contributed by atoms with E-state index < -0.39 is 23.9 Å². The van der Waals surface area contributed by atoms with Gasteiger partial charge in [-0.05, 0) is 29.8 Å². The summed E-state index contributed by atoms with van der Waals surface area (Å²) in [5.41, 5.74) is 0.646. The first-order valence-electron chi connectivity index (χ1n) is 6.60. The van der Waals surface area contributed by atoms with Gasteiger partial charge in [-0.1, -0.05) is 30.3 Å². The number of carboxylic acid groups (broad SMARTS) is 2.